The van der Waals surface area contributed by atoms with Gasteiger partial charge < -0.3 is 14.7 Å². The molecule has 1 N–H and O–H groups in total. The standard InChI is InChI=1S/C28H35FN6O3.CH4/c1-5-6-7-12-30-26(36)17-34(25-14-21(9-8-19(25)2)28-31-20(3)32-38-28)18-27(37)33(4)35-15-22-10-11-24(29)13-23(22)16-35;/h8-11,13-14H,5-7,12,15-18H2,1-4H3,(H,30,36);1H4. The van der Waals surface area contributed by atoms with Crippen molar-refractivity contribution in [3.63, 3.8) is 0 Å². The number of amides is 2. The molecule has 1 aromatic heterocycles. The highest BCUT2D eigenvalue weighted by atomic mass is 19.1. The molecular formula is C29H39FN6O3. The molecule has 10 heteroatoms. The number of fused-ring (bicyclic) bond motifs is 1. The number of nitrogens with zero attached hydrogens (tertiary/aromatic N) is 5. The lowest BCUT2D eigenvalue weighted by Gasteiger charge is -2.32. The number of hydrazine groups is 1. The van der Waals surface area contributed by atoms with Crippen molar-refractivity contribution in [2.24, 2.45) is 0 Å². The summed E-state index contributed by atoms with van der Waals surface area (Å²) in [5.74, 6) is 0.268. The van der Waals surface area contributed by atoms with Gasteiger partial charge in [-0.25, -0.2) is 9.40 Å². The quantitative estimate of drug-likeness (QED) is 0.356. The topological polar surface area (TPSA) is 94.8 Å². The van der Waals surface area contributed by atoms with Crippen molar-refractivity contribution < 1.29 is 18.5 Å². The van der Waals surface area contributed by atoms with E-state index in [9.17, 15) is 14.0 Å². The van der Waals surface area contributed by atoms with E-state index in [1.807, 2.05) is 30.1 Å². The van der Waals surface area contributed by atoms with E-state index in [2.05, 4.69) is 22.4 Å². The van der Waals surface area contributed by atoms with Crippen molar-refractivity contribution >= 4 is 17.5 Å². The van der Waals surface area contributed by atoms with E-state index >= 15 is 0 Å². The molecule has 39 heavy (non-hydrogen) atoms. The first-order chi connectivity index (χ1) is 18.2. The van der Waals surface area contributed by atoms with Crippen LogP contribution in [0.15, 0.2) is 40.9 Å². The maximum atomic E-state index is 13.7. The van der Waals surface area contributed by atoms with E-state index in [1.54, 1.807) is 29.9 Å². The van der Waals surface area contributed by atoms with Gasteiger partial charge in [-0.05, 0) is 61.2 Å². The van der Waals surface area contributed by atoms with Gasteiger partial charge in [0.15, 0.2) is 5.82 Å². The van der Waals surface area contributed by atoms with E-state index < -0.39 is 0 Å². The molecule has 210 valence electrons. The van der Waals surface area contributed by atoms with Crippen LogP contribution in [0, 0.1) is 19.7 Å². The first-order valence-electron chi connectivity index (χ1n) is 13.0. The zero-order valence-corrected chi connectivity index (χ0v) is 22.5. The molecule has 0 spiro atoms. The summed E-state index contributed by atoms with van der Waals surface area (Å²) in [4.78, 5) is 32.5. The second-order valence-corrected chi connectivity index (χ2v) is 9.71. The molecule has 0 saturated heterocycles. The van der Waals surface area contributed by atoms with Gasteiger partial charge in [0.25, 0.3) is 11.8 Å². The summed E-state index contributed by atoms with van der Waals surface area (Å²) < 4.78 is 19.0. The van der Waals surface area contributed by atoms with Crippen LogP contribution >= 0.6 is 0 Å². The number of carbonyl (C=O) groups excluding carboxylic acids is 2. The van der Waals surface area contributed by atoms with Crippen LogP contribution in [0.2, 0.25) is 0 Å². The third-order valence-electron chi connectivity index (χ3n) is 6.75. The van der Waals surface area contributed by atoms with Crippen molar-refractivity contribution in [2.45, 2.75) is 60.5 Å². The highest BCUT2D eigenvalue weighted by Gasteiger charge is 2.27. The molecule has 0 fully saturated rings. The van der Waals surface area contributed by atoms with Gasteiger partial charge in [0.05, 0.1) is 13.1 Å². The minimum absolute atomic E-state index is 0. The van der Waals surface area contributed by atoms with Gasteiger partial charge in [0.2, 0.25) is 5.91 Å². The van der Waals surface area contributed by atoms with Crippen molar-refractivity contribution in [3.05, 3.63) is 64.7 Å². The number of halogens is 1. The van der Waals surface area contributed by atoms with Gasteiger partial charge in [-0.15, -0.1) is 0 Å². The number of anilines is 1. The Balaban J connectivity index is 0.00000420. The Bertz CT molecular complexity index is 1290. The van der Waals surface area contributed by atoms with Gasteiger partial charge in [-0.2, -0.15) is 4.98 Å². The largest absolute Gasteiger partial charge is 0.355 e. The molecule has 9 nitrogen and oxygen atoms in total. The van der Waals surface area contributed by atoms with Crippen molar-refractivity contribution in [1.82, 2.24) is 25.5 Å². The minimum atomic E-state index is -0.289. The van der Waals surface area contributed by atoms with E-state index in [-0.39, 0.29) is 38.1 Å². The van der Waals surface area contributed by atoms with E-state index in [0.717, 1.165) is 41.6 Å². The Morgan fingerprint density at radius 2 is 1.85 bits per heavy atom. The maximum Gasteiger partial charge on any atom is 0.257 e. The molecule has 1 aliphatic heterocycles. The number of hydrogen-bond donors (Lipinski definition) is 1. The molecule has 0 aliphatic carbocycles. The van der Waals surface area contributed by atoms with E-state index in [4.69, 9.17) is 4.52 Å². The summed E-state index contributed by atoms with van der Waals surface area (Å²) in [5.41, 5.74) is 4.20. The maximum absolute atomic E-state index is 13.7. The summed E-state index contributed by atoms with van der Waals surface area (Å²) in [6.07, 6.45) is 3.02. The van der Waals surface area contributed by atoms with Crippen LogP contribution in [0.5, 0.6) is 0 Å². The van der Waals surface area contributed by atoms with E-state index in [1.165, 1.54) is 12.1 Å². The van der Waals surface area contributed by atoms with Crippen LogP contribution in [0.25, 0.3) is 11.5 Å². The lowest BCUT2D eigenvalue weighted by atomic mass is 10.1. The molecule has 0 saturated carbocycles. The average molecular weight is 539 g/mol. The number of hydrogen-bond acceptors (Lipinski definition) is 7. The Morgan fingerprint density at radius 1 is 1.08 bits per heavy atom. The van der Waals surface area contributed by atoms with Gasteiger partial charge in [-0.3, -0.25) is 14.6 Å². The van der Waals surface area contributed by atoms with Crippen LogP contribution in [0.3, 0.4) is 0 Å². The van der Waals surface area contributed by atoms with Crippen molar-refractivity contribution in [1.29, 1.82) is 0 Å². The van der Waals surface area contributed by atoms with Gasteiger partial charge in [0, 0.05) is 37.9 Å². The van der Waals surface area contributed by atoms with E-state index in [0.29, 0.717) is 36.9 Å². The summed E-state index contributed by atoms with van der Waals surface area (Å²) in [6, 6.07) is 10.4. The van der Waals surface area contributed by atoms with Crippen LogP contribution in [-0.4, -0.2) is 58.7 Å². The van der Waals surface area contributed by atoms with Gasteiger partial charge in [0.1, 0.15) is 5.82 Å². The molecule has 3 aromatic rings. The fraction of sp³-hybridized carbons (Fsp3) is 0.448. The molecule has 0 radical (unpaired) electrons. The normalized spacial score (nSPS) is 12.5. The molecule has 0 bridgehead atoms. The van der Waals surface area contributed by atoms with Crippen LogP contribution in [-0.2, 0) is 22.7 Å². The number of unbranched alkanes of at least 4 members (excludes halogenated alkanes) is 2. The zero-order valence-electron chi connectivity index (χ0n) is 22.5. The number of likely N-dealkylation sites (N-methyl/N-ethyl adjacent to an activating group) is 1. The molecule has 2 aromatic carbocycles. The van der Waals surface area contributed by atoms with Crippen LogP contribution in [0.1, 0.15) is 56.1 Å². The summed E-state index contributed by atoms with van der Waals surface area (Å²) in [6.45, 7) is 7.34. The van der Waals surface area contributed by atoms with Crippen LogP contribution < -0.4 is 10.2 Å². The first kappa shape index (κ1) is 29.8. The molecule has 0 unspecified atom stereocenters. The Morgan fingerprint density at radius 3 is 2.56 bits per heavy atom. The number of carbonyl (C=O) groups is 2. The third kappa shape index (κ3) is 7.41. The Kier molecular flexibility index (Phi) is 10.2. The summed E-state index contributed by atoms with van der Waals surface area (Å²) in [5, 5.41) is 10.3. The fourth-order valence-corrected chi connectivity index (χ4v) is 4.54. The lowest BCUT2D eigenvalue weighted by Crippen LogP contribution is -2.48. The number of aryl methyl sites for hydroxylation is 2. The minimum Gasteiger partial charge on any atom is -0.355 e. The highest BCUT2D eigenvalue weighted by Crippen LogP contribution is 2.28. The zero-order chi connectivity index (χ0) is 27.2. The molecule has 1 aliphatic rings. The third-order valence-corrected chi connectivity index (χ3v) is 6.75. The fourth-order valence-electron chi connectivity index (χ4n) is 4.54. The second-order valence-electron chi connectivity index (χ2n) is 9.71. The number of nitrogens with one attached hydrogen (secondary N) is 1. The predicted molar refractivity (Wildman–Crippen MR) is 149 cm³/mol. The smallest absolute Gasteiger partial charge is 0.257 e. The SMILES string of the molecule is C.CCCCCNC(=O)CN(CC(=O)N(C)N1Cc2ccc(F)cc2C1)c1cc(-c2nc(C)no2)ccc1C. The van der Waals surface area contributed by atoms with Crippen molar-refractivity contribution in [2.75, 3.05) is 31.6 Å². The first-order valence-corrected chi connectivity index (χ1v) is 13.0. The highest BCUT2D eigenvalue weighted by molar-refractivity contribution is 5.87. The van der Waals surface area contributed by atoms with Gasteiger partial charge >= 0.3 is 0 Å². The summed E-state index contributed by atoms with van der Waals surface area (Å²) in [7, 11) is 1.71. The second kappa shape index (κ2) is 13.3. The average Bonchev–Trinajstić information content (AvgIpc) is 3.52. The Labute approximate surface area is 229 Å². The molecule has 2 amide bonds. The predicted octanol–water partition coefficient (Wildman–Crippen LogP) is 4.63. The van der Waals surface area contributed by atoms with Crippen molar-refractivity contribution in [3.8, 4) is 11.5 Å². The van der Waals surface area contributed by atoms with Crippen LogP contribution in [0.4, 0.5) is 10.1 Å². The molecule has 4 rings (SSSR count). The molecular weight excluding hydrogens is 499 g/mol. The molecule has 0 atom stereocenters. The molecule has 2 heterocycles. The number of aromatic nitrogens is 2. The number of benzene rings is 2. The summed E-state index contributed by atoms with van der Waals surface area (Å²) >= 11 is 0. The number of rotatable bonds is 11. The lowest BCUT2D eigenvalue weighted by molar-refractivity contribution is -0.145. The Hall–Kier alpha value is -3.79. The van der Waals surface area contributed by atoms with Gasteiger partial charge in [-0.1, -0.05) is 44.5 Å². The monoisotopic (exact) mass is 538 g/mol.